The number of carboxylic acids is 1. The zero-order chi connectivity index (χ0) is 18.1. The van der Waals surface area contributed by atoms with Crippen molar-refractivity contribution in [3.8, 4) is 0 Å². The molecule has 2 aromatic carbocycles. The molecular formula is C18H14BrNO4S. The predicted molar refractivity (Wildman–Crippen MR) is 101 cm³/mol. The molecular weight excluding hydrogens is 406 g/mol. The molecule has 0 fully saturated rings. The summed E-state index contributed by atoms with van der Waals surface area (Å²) in [6.45, 7) is 0.398. The summed E-state index contributed by atoms with van der Waals surface area (Å²) in [5.74, 6) is -1.25. The minimum atomic E-state index is -1.25. The average molecular weight is 420 g/mol. The molecule has 1 aromatic heterocycles. The molecule has 0 amide bonds. The van der Waals surface area contributed by atoms with Crippen molar-refractivity contribution < 1.29 is 14.1 Å². The Kier molecular flexibility index (Phi) is 4.87. The van der Waals surface area contributed by atoms with Crippen LogP contribution < -0.4 is 5.43 Å². The topological polar surface area (TPSA) is 76.4 Å². The highest BCUT2D eigenvalue weighted by atomic mass is 79.9. The lowest BCUT2D eigenvalue weighted by molar-refractivity contribution is 0.0695. The molecule has 25 heavy (non-hydrogen) atoms. The molecule has 5 nitrogen and oxygen atoms in total. The van der Waals surface area contributed by atoms with E-state index >= 15 is 0 Å². The van der Waals surface area contributed by atoms with Gasteiger partial charge in [0.1, 0.15) is 5.56 Å². The van der Waals surface area contributed by atoms with Gasteiger partial charge in [-0.15, -0.1) is 0 Å². The Hall–Kier alpha value is -2.25. The van der Waals surface area contributed by atoms with E-state index in [1.807, 2.05) is 18.2 Å². The van der Waals surface area contributed by atoms with Gasteiger partial charge in [-0.05, 0) is 35.9 Å². The number of fused-ring (bicyclic) bond motifs is 1. The highest BCUT2D eigenvalue weighted by molar-refractivity contribution is 9.10. The van der Waals surface area contributed by atoms with Gasteiger partial charge in [-0.1, -0.05) is 28.1 Å². The number of carbonyl (C=O) groups is 1. The van der Waals surface area contributed by atoms with Gasteiger partial charge in [-0.25, -0.2) is 4.79 Å². The summed E-state index contributed by atoms with van der Waals surface area (Å²) < 4.78 is 13.9. The van der Waals surface area contributed by atoms with Crippen LogP contribution >= 0.6 is 15.9 Å². The summed E-state index contributed by atoms with van der Waals surface area (Å²) in [5.41, 5.74) is 0.799. The molecule has 0 aliphatic carbocycles. The molecule has 3 rings (SSSR count). The van der Waals surface area contributed by atoms with Crippen molar-refractivity contribution in [3.63, 3.8) is 0 Å². The zero-order valence-corrected chi connectivity index (χ0v) is 15.6. The van der Waals surface area contributed by atoms with E-state index in [4.69, 9.17) is 0 Å². The normalized spacial score (nSPS) is 12.2. The van der Waals surface area contributed by atoms with Gasteiger partial charge in [-0.3, -0.25) is 9.00 Å². The fourth-order valence-electron chi connectivity index (χ4n) is 2.64. The maximum Gasteiger partial charge on any atom is 0.341 e. The summed E-state index contributed by atoms with van der Waals surface area (Å²) in [6, 6.07) is 12.5. The highest BCUT2D eigenvalue weighted by Crippen LogP contribution is 2.19. The molecule has 0 spiro atoms. The number of pyridine rings is 1. The summed E-state index contributed by atoms with van der Waals surface area (Å²) in [5, 5.41) is 9.67. The van der Waals surface area contributed by atoms with Gasteiger partial charge in [0.2, 0.25) is 5.43 Å². The molecule has 0 aliphatic heterocycles. The van der Waals surface area contributed by atoms with Crippen molar-refractivity contribution in [2.75, 3.05) is 6.26 Å². The zero-order valence-electron chi connectivity index (χ0n) is 13.2. The number of hydrogen-bond donors (Lipinski definition) is 1. The van der Waals surface area contributed by atoms with Crippen LogP contribution in [0.5, 0.6) is 0 Å². The molecule has 7 heteroatoms. The highest BCUT2D eigenvalue weighted by Gasteiger charge is 2.15. The Morgan fingerprint density at radius 3 is 2.48 bits per heavy atom. The molecule has 0 saturated heterocycles. The number of halogens is 1. The van der Waals surface area contributed by atoms with Crippen molar-refractivity contribution in [2.45, 2.75) is 11.4 Å². The van der Waals surface area contributed by atoms with Crippen molar-refractivity contribution in [1.82, 2.24) is 4.57 Å². The number of benzene rings is 2. The Bertz CT molecular complexity index is 1060. The van der Waals surface area contributed by atoms with E-state index in [9.17, 15) is 18.9 Å². The van der Waals surface area contributed by atoms with Crippen LogP contribution in [0.4, 0.5) is 0 Å². The molecule has 1 heterocycles. The molecule has 1 N–H and O–H groups in total. The van der Waals surface area contributed by atoms with Gasteiger partial charge >= 0.3 is 5.97 Å². The second kappa shape index (κ2) is 6.93. The fourth-order valence-corrected chi connectivity index (χ4v) is 3.52. The Morgan fingerprint density at radius 2 is 1.88 bits per heavy atom. The van der Waals surface area contributed by atoms with Crippen LogP contribution in [0.2, 0.25) is 0 Å². The molecule has 128 valence electrons. The van der Waals surface area contributed by atoms with Crippen LogP contribution in [-0.4, -0.2) is 26.1 Å². The largest absolute Gasteiger partial charge is 0.477 e. The molecule has 1 unspecified atom stereocenters. The van der Waals surface area contributed by atoms with E-state index in [1.165, 1.54) is 6.20 Å². The van der Waals surface area contributed by atoms with Crippen molar-refractivity contribution >= 4 is 43.6 Å². The molecule has 0 saturated carbocycles. The van der Waals surface area contributed by atoms with Crippen molar-refractivity contribution in [1.29, 1.82) is 0 Å². The summed E-state index contributed by atoms with van der Waals surface area (Å²) in [6.07, 6.45) is 2.98. The first-order valence-electron chi connectivity index (χ1n) is 7.35. The maximum absolute atomic E-state index is 12.4. The second-order valence-electron chi connectivity index (χ2n) is 5.56. The van der Waals surface area contributed by atoms with Crippen molar-refractivity contribution in [2.24, 2.45) is 0 Å². The van der Waals surface area contributed by atoms with Crippen LogP contribution in [0.3, 0.4) is 0 Å². The monoisotopic (exact) mass is 419 g/mol. The van der Waals surface area contributed by atoms with E-state index in [-0.39, 0.29) is 5.56 Å². The summed E-state index contributed by atoms with van der Waals surface area (Å²) in [7, 11) is -1.05. The smallest absolute Gasteiger partial charge is 0.341 e. The summed E-state index contributed by atoms with van der Waals surface area (Å²) >= 11 is 3.32. The minimum Gasteiger partial charge on any atom is -0.477 e. The van der Waals surface area contributed by atoms with E-state index in [0.717, 1.165) is 10.5 Å². The maximum atomic E-state index is 12.4. The average Bonchev–Trinajstić information content (AvgIpc) is 2.57. The number of hydrogen-bond acceptors (Lipinski definition) is 3. The molecule has 1 atom stereocenters. The van der Waals surface area contributed by atoms with Gasteiger partial charge in [0.05, 0.1) is 5.52 Å². The van der Waals surface area contributed by atoms with Gasteiger partial charge in [-0.2, -0.15) is 0 Å². The fraction of sp³-hybridized carbons (Fsp3) is 0.111. The first-order chi connectivity index (χ1) is 11.9. The van der Waals surface area contributed by atoms with Gasteiger partial charge in [0, 0.05) is 44.6 Å². The number of aromatic nitrogens is 1. The Morgan fingerprint density at radius 1 is 1.20 bits per heavy atom. The molecule has 0 aliphatic rings. The quantitative estimate of drug-likeness (QED) is 0.703. The van der Waals surface area contributed by atoms with Gasteiger partial charge < -0.3 is 9.67 Å². The van der Waals surface area contributed by atoms with Crippen molar-refractivity contribution in [3.05, 3.63) is 74.5 Å². The Labute approximate surface area is 154 Å². The second-order valence-corrected chi connectivity index (χ2v) is 7.86. The summed E-state index contributed by atoms with van der Waals surface area (Å²) in [4.78, 5) is 24.5. The predicted octanol–water partition coefficient (Wildman–Crippen LogP) is 3.25. The third-order valence-corrected chi connectivity index (χ3v) is 5.31. The molecule has 3 aromatic rings. The minimum absolute atomic E-state index is 0.267. The Balaban J connectivity index is 2.14. The lowest BCUT2D eigenvalue weighted by Gasteiger charge is -2.13. The van der Waals surface area contributed by atoms with Gasteiger partial charge in [0.15, 0.2) is 0 Å². The first kappa shape index (κ1) is 17.6. The van der Waals surface area contributed by atoms with Crippen LogP contribution in [0.25, 0.3) is 10.9 Å². The van der Waals surface area contributed by atoms with Crippen LogP contribution in [-0.2, 0) is 17.3 Å². The van der Waals surface area contributed by atoms with E-state index in [2.05, 4.69) is 15.9 Å². The van der Waals surface area contributed by atoms with Crippen LogP contribution in [0.15, 0.2) is 62.8 Å². The molecule has 0 radical (unpaired) electrons. The lowest BCUT2D eigenvalue weighted by Crippen LogP contribution is -2.19. The van der Waals surface area contributed by atoms with E-state index in [0.29, 0.717) is 21.9 Å². The SMILES string of the molecule is CS(=O)c1ccc(Cn2cc(C(=O)O)c(=O)c3cc(Br)ccc32)cc1. The first-order valence-corrected chi connectivity index (χ1v) is 9.70. The van der Waals surface area contributed by atoms with Crippen LogP contribution in [0, 0.1) is 0 Å². The van der Waals surface area contributed by atoms with Gasteiger partial charge in [0.25, 0.3) is 0 Å². The number of carboxylic acid groups (broad SMARTS) is 1. The third kappa shape index (κ3) is 3.57. The number of rotatable bonds is 4. The standard InChI is InChI=1S/C18H14BrNO4S/c1-25(24)13-5-2-11(3-6-13)9-20-10-15(18(22)23)17(21)14-8-12(19)4-7-16(14)20/h2-8,10H,9H2,1H3,(H,22,23). The third-order valence-electron chi connectivity index (χ3n) is 3.88. The number of nitrogens with zero attached hydrogens (tertiary/aromatic N) is 1. The lowest BCUT2D eigenvalue weighted by atomic mass is 10.1. The van der Waals surface area contributed by atoms with E-state index < -0.39 is 22.2 Å². The number of aromatic carboxylic acids is 1. The van der Waals surface area contributed by atoms with Crippen LogP contribution in [0.1, 0.15) is 15.9 Å². The van der Waals surface area contributed by atoms with E-state index in [1.54, 1.807) is 35.1 Å². The molecule has 0 bridgehead atoms.